The quantitative estimate of drug-likeness (QED) is 0.517. The zero-order valence-corrected chi connectivity index (χ0v) is 13.5. The first-order chi connectivity index (χ1) is 11.3. The lowest BCUT2D eigenvalue weighted by atomic mass is 9.66. The highest BCUT2D eigenvalue weighted by atomic mass is 14.5. The molecule has 0 aliphatic heterocycles. The summed E-state index contributed by atoms with van der Waals surface area (Å²) in [5.74, 6) is 0. The number of benzene rings is 3. The molecule has 0 bridgehead atoms. The third-order valence-corrected chi connectivity index (χ3v) is 5.86. The SMILES string of the molecule is Cc1ccc2c(c1)C1(CCc3ccccc3C1)c1ccccc1-2. The van der Waals surface area contributed by atoms with Crippen LogP contribution in [0.3, 0.4) is 0 Å². The van der Waals surface area contributed by atoms with Crippen LogP contribution < -0.4 is 0 Å². The van der Waals surface area contributed by atoms with Gasteiger partial charge in [0.15, 0.2) is 0 Å². The molecule has 0 heteroatoms. The van der Waals surface area contributed by atoms with E-state index in [1.165, 1.54) is 46.2 Å². The van der Waals surface area contributed by atoms with E-state index in [-0.39, 0.29) is 5.41 Å². The summed E-state index contributed by atoms with van der Waals surface area (Å²) in [6.07, 6.45) is 3.53. The maximum absolute atomic E-state index is 2.43. The maximum atomic E-state index is 2.43. The van der Waals surface area contributed by atoms with Crippen molar-refractivity contribution < 1.29 is 0 Å². The van der Waals surface area contributed by atoms with Crippen LogP contribution >= 0.6 is 0 Å². The summed E-state index contributed by atoms with van der Waals surface area (Å²) in [7, 11) is 0. The van der Waals surface area contributed by atoms with Crippen LogP contribution in [0.4, 0.5) is 0 Å². The second-order valence-corrected chi connectivity index (χ2v) is 7.12. The second kappa shape index (κ2) is 4.58. The van der Waals surface area contributed by atoms with Crippen molar-refractivity contribution in [3.63, 3.8) is 0 Å². The molecule has 0 heterocycles. The predicted molar refractivity (Wildman–Crippen MR) is 95.9 cm³/mol. The van der Waals surface area contributed by atoms with Gasteiger partial charge in [0, 0.05) is 5.41 Å². The lowest BCUT2D eigenvalue weighted by molar-refractivity contribution is 0.454. The van der Waals surface area contributed by atoms with Gasteiger partial charge in [-0.25, -0.2) is 0 Å². The van der Waals surface area contributed by atoms with Gasteiger partial charge in [0.2, 0.25) is 0 Å². The molecule has 3 aromatic carbocycles. The molecule has 23 heavy (non-hydrogen) atoms. The van der Waals surface area contributed by atoms with Gasteiger partial charge in [0.25, 0.3) is 0 Å². The van der Waals surface area contributed by atoms with E-state index >= 15 is 0 Å². The normalized spacial score (nSPS) is 20.9. The molecular weight excluding hydrogens is 276 g/mol. The Bertz CT molecular complexity index is 919. The number of hydrogen-bond acceptors (Lipinski definition) is 0. The summed E-state index contributed by atoms with van der Waals surface area (Å²) in [6.45, 7) is 2.22. The Morgan fingerprint density at radius 1 is 0.739 bits per heavy atom. The monoisotopic (exact) mass is 296 g/mol. The van der Waals surface area contributed by atoms with Crippen LogP contribution in [0.1, 0.15) is 34.2 Å². The summed E-state index contributed by atoms with van der Waals surface area (Å²) >= 11 is 0. The van der Waals surface area contributed by atoms with E-state index in [1.807, 2.05) is 0 Å². The Labute approximate surface area is 137 Å². The molecule has 1 atom stereocenters. The van der Waals surface area contributed by atoms with Crippen molar-refractivity contribution in [2.45, 2.75) is 31.6 Å². The molecule has 112 valence electrons. The predicted octanol–water partition coefficient (Wildman–Crippen LogP) is 5.45. The lowest BCUT2D eigenvalue weighted by Crippen LogP contribution is -2.32. The van der Waals surface area contributed by atoms with Gasteiger partial charge < -0.3 is 0 Å². The Kier molecular flexibility index (Phi) is 2.61. The van der Waals surface area contributed by atoms with Gasteiger partial charge in [0.1, 0.15) is 0 Å². The molecule has 5 rings (SSSR count). The van der Waals surface area contributed by atoms with E-state index in [0.717, 1.165) is 6.42 Å². The van der Waals surface area contributed by atoms with E-state index in [2.05, 4.69) is 73.7 Å². The Morgan fingerprint density at radius 3 is 2.39 bits per heavy atom. The Hall–Kier alpha value is -2.34. The molecule has 3 aromatic rings. The standard InChI is InChI=1S/C23H20/c1-16-10-11-20-19-8-4-5-9-21(19)23(22(20)14-16)13-12-17-6-2-3-7-18(17)15-23/h2-11,14H,12-13,15H2,1H3. The third kappa shape index (κ3) is 1.72. The minimum atomic E-state index is 0.173. The van der Waals surface area contributed by atoms with Gasteiger partial charge in [-0.05, 0) is 59.6 Å². The number of hydrogen-bond donors (Lipinski definition) is 0. The molecule has 0 amide bonds. The van der Waals surface area contributed by atoms with E-state index in [4.69, 9.17) is 0 Å². The topological polar surface area (TPSA) is 0 Å². The molecule has 1 spiro atoms. The first-order valence-corrected chi connectivity index (χ1v) is 8.56. The third-order valence-electron chi connectivity index (χ3n) is 5.86. The summed E-state index contributed by atoms with van der Waals surface area (Å²) in [5.41, 5.74) is 10.6. The summed E-state index contributed by atoms with van der Waals surface area (Å²) in [6, 6.07) is 25.1. The van der Waals surface area contributed by atoms with Gasteiger partial charge in [-0.3, -0.25) is 0 Å². The molecule has 0 fully saturated rings. The van der Waals surface area contributed by atoms with Crippen LogP contribution in [-0.4, -0.2) is 0 Å². The van der Waals surface area contributed by atoms with Gasteiger partial charge in [-0.15, -0.1) is 0 Å². The second-order valence-electron chi connectivity index (χ2n) is 7.12. The molecular formula is C23H20. The number of fused-ring (bicyclic) bond motifs is 6. The minimum absolute atomic E-state index is 0.173. The molecule has 0 saturated heterocycles. The summed E-state index contributed by atoms with van der Waals surface area (Å²) in [4.78, 5) is 0. The molecule has 0 aromatic heterocycles. The highest BCUT2D eigenvalue weighted by Gasteiger charge is 2.44. The van der Waals surface area contributed by atoms with Crippen LogP contribution in [-0.2, 0) is 18.3 Å². The fraction of sp³-hybridized carbons (Fsp3) is 0.217. The average molecular weight is 296 g/mol. The van der Waals surface area contributed by atoms with Crippen molar-refractivity contribution in [3.05, 3.63) is 94.5 Å². The molecule has 0 N–H and O–H groups in total. The van der Waals surface area contributed by atoms with Crippen LogP contribution in [0.15, 0.2) is 66.7 Å². The Balaban J connectivity index is 1.79. The fourth-order valence-electron chi connectivity index (χ4n) is 4.76. The van der Waals surface area contributed by atoms with Crippen molar-refractivity contribution in [1.29, 1.82) is 0 Å². The smallest absolute Gasteiger partial charge is 0.0258 e. The van der Waals surface area contributed by atoms with E-state index in [1.54, 1.807) is 5.56 Å². The van der Waals surface area contributed by atoms with Crippen molar-refractivity contribution in [2.75, 3.05) is 0 Å². The van der Waals surface area contributed by atoms with Gasteiger partial charge in [-0.2, -0.15) is 0 Å². The minimum Gasteiger partial charge on any atom is -0.0620 e. The van der Waals surface area contributed by atoms with Crippen molar-refractivity contribution >= 4 is 0 Å². The maximum Gasteiger partial charge on any atom is 0.0258 e. The van der Waals surface area contributed by atoms with E-state index < -0.39 is 0 Å². The van der Waals surface area contributed by atoms with Crippen LogP contribution in [0.2, 0.25) is 0 Å². The number of rotatable bonds is 0. The van der Waals surface area contributed by atoms with Crippen molar-refractivity contribution in [3.8, 4) is 11.1 Å². The van der Waals surface area contributed by atoms with Crippen LogP contribution in [0.25, 0.3) is 11.1 Å². The fourth-order valence-corrected chi connectivity index (χ4v) is 4.76. The van der Waals surface area contributed by atoms with Gasteiger partial charge in [0.05, 0.1) is 0 Å². The average Bonchev–Trinajstić information content (AvgIpc) is 2.85. The first-order valence-electron chi connectivity index (χ1n) is 8.56. The van der Waals surface area contributed by atoms with E-state index in [9.17, 15) is 0 Å². The van der Waals surface area contributed by atoms with Crippen molar-refractivity contribution in [1.82, 2.24) is 0 Å². The molecule has 0 nitrogen and oxygen atoms in total. The highest BCUT2D eigenvalue weighted by Crippen LogP contribution is 2.54. The molecule has 2 aliphatic rings. The van der Waals surface area contributed by atoms with Crippen LogP contribution in [0.5, 0.6) is 0 Å². The first kappa shape index (κ1) is 13.1. The highest BCUT2D eigenvalue weighted by molar-refractivity contribution is 5.81. The molecule has 0 radical (unpaired) electrons. The molecule has 0 saturated carbocycles. The summed E-state index contributed by atoms with van der Waals surface area (Å²) in [5, 5.41) is 0. The molecule has 2 aliphatic carbocycles. The van der Waals surface area contributed by atoms with E-state index in [0.29, 0.717) is 0 Å². The zero-order chi connectivity index (χ0) is 15.4. The van der Waals surface area contributed by atoms with Crippen molar-refractivity contribution in [2.24, 2.45) is 0 Å². The zero-order valence-electron chi connectivity index (χ0n) is 13.5. The largest absolute Gasteiger partial charge is 0.0620 e. The van der Waals surface area contributed by atoms with Crippen LogP contribution in [0, 0.1) is 6.92 Å². The lowest BCUT2D eigenvalue weighted by Gasteiger charge is -2.37. The van der Waals surface area contributed by atoms with Gasteiger partial charge >= 0.3 is 0 Å². The number of aryl methyl sites for hydroxylation is 2. The summed E-state index contributed by atoms with van der Waals surface area (Å²) < 4.78 is 0. The Morgan fingerprint density at radius 2 is 1.48 bits per heavy atom. The molecule has 1 unspecified atom stereocenters. The van der Waals surface area contributed by atoms with Gasteiger partial charge in [-0.1, -0.05) is 72.3 Å².